The number of hydrogen-bond acceptors (Lipinski definition) is 4. The Balaban J connectivity index is 1.75. The number of anilines is 1. The third-order valence-corrected chi connectivity index (χ3v) is 6.67. The predicted molar refractivity (Wildman–Crippen MR) is 137 cm³/mol. The van der Waals surface area contributed by atoms with Crippen molar-refractivity contribution in [3.63, 3.8) is 0 Å². The largest absolute Gasteiger partial charge is 0.450 e. The highest BCUT2D eigenvalue weighted by Gasteiger charge is 2.43. The second kappa shape index (κ2) is 8.05. The van der Waals surface area contributed by atoms with Gasteiger partial charge in [-0.05, 0) is 66.8 Å². The van der Waals surface area contributed by atoms with Crippen LogP contribution >= 0.6 is 0 Å². The summed E-state index contributed by atoms with van der Waals surface area (Å²) >= 11 is 0. The number of amides is 1. The summed E-state index contributed by atoms with van der Waals surface area (Å²) in [4.78, 5) is 40.9. The van der Waals surface area contributed by atoms with Crippen LogP contribution in [-0.2, 0) is 5.41 Å². The number of Topliss-reactive ketones (excluding diaryl/α,β-unsaturated/α-hetero) is 1. The molecule has 0 bridgehead atoms. The van der Waals surface area contributed by atoms with E-state index in [1.807, 2.05) is 37.3 Å². The number of hydrogen-bond donors (Lipinski definition) is 0. The molecule has 0 saturated carbocycles. The molecule has 176 valence electrons. The minimum atomic E-state index is -0.643. The molecular weight excluding hydrogens is 438 g/mol. The van der Waals surface area contributed by atoms with Crippen molar-refractivity contribution in [2.45, 2.75) is 46.1 Å². The molecule has 1 amide bonds. The lowest BCUT2D eigenvalue weighted by Gasteiger charge is -2.26. The van der Waals surface area contributed by atoms with E-state index in [2.05, 4.69) is 20.8 Å². The van der Waals surface area contributed by atoms with Gasteiger partial charge in [-0.2, -0.15) is 0 Å². The summed E-state index contributed by atoms with van der Waals surface area (Å²) in [6.07, 6.45) is 0. The van der Waals surface area contributed by atoms with Crippen LogP contribution in [0.4, 0.5) is 5.69 Å². The number of carbonyl (C=O) groups is 2. The molecule has 5 heteroatoms. The van der Waals surface area contributed by atoms with E-state index in [4.69, 9.17) is 4.42 Å². The number of rotatable bonds is 3. The van der Waals surface area contributed by atoms with E-state index in [0.29, 0.717) is 27.8 Å². The van der Waals surface area contributed by atoms with Gasteiger partial charge in [0.25, 0.3) is 5.91 Å². The summed E-state index contributed by atoms with van der Waals surface area (Å²) in [5.41, 5.74) is 4.56. The van der Waals surface area contributed by atoms with E-state index in [9.17, 15) is 14.4 Å². The summed E-state index contributed by atoms with van der Waals surface area (Å²) in [6, 6.07) is 19.7. The third-order valence-electron chi connectivity index (χ3n) is 6.67. The van der Waals surface area contributed by atoms with Gasteiger partial charge in [0.1, 0.15) is 5.58 Å². The lowest BCUT2D eigenvalue weighted by molar-refractivity contribution is 0.0970. The van der Waals surface area contributed by atoms with Crippen LogP contribution in [0.5, 0.6) is 0 Å². The van der Waals surface area contributed by atoms with Crippen molar-refractivity contribution >= 4 is 28.3 Å². The summed E-state index contributed by atoms with van der Waals surface area (Å²) in [5.74, 6) is -0.368. The number of ketones is 1. The molecule has 1 aliphatic heterocycles. The van der Waals surface area contributed by atoms with Crippen molar-refractivity contribution in [2.75, 3.05) is 4.90 Å². The van der Waals surface area contributed by atoms with Gasteiger partial charge in [-0.3, -0.25) is 19.3 Å². The lowest BCUT2D eigenvalue weighted by Crippen LogP contribution is -2.29. The normalized spacial score (nSPS) is 15.5. The smallest absolute Gasteiger partial charge is 0.295 e. The van der Waals surface area contributed by atoms with Crippen molar-refractivity contribution in [3.8, 4) is 0 Å². The molecule has 4 aromatic rings. The topological polar surface area (TPSA) is 67.6 Å². The van der Waals surface area contributed by atoms with Gasteiger partial charge >= 0.3 is 0 Å². The quantitative estimate of drug-likeness (QED) is 0.331. The molecule has 0 radical (unpaired) electrons. The first-order valence-electron chi connectivity index (χ1n) is 11.7. The molecule has 1 atom stereocenters. The van der Waals surface area contributed by atoms with Crippen LogP contribution in [0.15, 0.2) is 75.9 Å². The van der Waals surface area contributed by atoms with Crippen molar-refractivity contribution < 1.29 is 14.0 Å². The molecule has 3 aromatic carbocycles. The number of nitrogens with zero attached hydrogens (tertiary/aromatic N) is 1. The zero-order chi connectivity index (χ0) is 25.1. The number of carbonyl (C=O) groups excluding carboxylic acids is 2. The molecule has 1 aromatic heterocycles. The SMILES string of the molecule is CC(=O)c1ccc(N2C(=O)c3oc4ccc(C)cc4c(=O)c3C2c2ccc(C(C)(C)C)cc2)cc1. The molecule has 0 saturated heterocycles. The van der Waals surface area contributed by atoms with Crippen LogP contribution in [0, 0.1) is 6.92 Å². The van der Waals surface area contributed by atoms with Crippen LogP contribution in [-0.4, -0.2) is 11.7 Å². The zero-order valence-electron chi connectivity index (χ0n) is 20.5. The van der Waals surface area contributed by atoms with Gasteiger partial charge in [0.2, 0.25) is 5.76 Å². The summed E-state index contributed by atoms with van der Waals surface area (Å²) in [7, 11) is 0. The number of aryl methyl sites for hydroxylation is 1. The maximum atomic E-state index is 13.8. The fourth-order valence-corrected chi connectivity index (χ4v) is 4.69. The fraction of sp³-hybridized carbons (Fsp3) is 0.233. The molecule has 1 aliphatic rings. The number of benzene rings is 3. The van der Waals surface area contributed by atoms with E-state index in [1.165, 1.54) is 6.92 Å². The van der Waals surface area contributed by atoms with Crippen molar-refractivity contribution in [1.82, 2.24) is 0 Å². The molecule has 1 unspecified atom stereocenters. The Hall–Kier alpha value is -3.99. The molecule has 0 spiro atoms. The third kappa shape index (κ3) is 3.77. The van der Waals surface area contributed by atoms with Crippen molar-refractivity contribution in [2.24, 2.45) is 0 Å². The minimum absolute atomic E-state index is 0.0309. The monoisotopic (exact) mass is 465 g/mol. The first-order chi connectivity index (χ1) is 16.6. The molecule has 0 N–H and O–H groups in total. The highest BCUT2D eigenvalue weighted by Crippen LogP contribution is 2.41. The summed E-state index contributed by atoms with van der Waals surface area (Å²) in [6.45, 7) is 9.84. The fourth-order valence-electron chi connectivity index (χ4n) is 4.69. The summed E-state index contributed by atoms with van der Waals surface area (Å²) < 4.78 is 6.05. The zero-order valence-corrected chi connectivity index (χ0v) is 20.5. The maximum Gasteiger partial charge on any atom is 0.295 e. The Kier molecular flexibility index (Phi) is 5.24. The molecule has 0 fully saturated rings. The van der Waals surface area contributed by atoms with E-state index in [-0.39, 0.29) is 28.3 Å². The molecule has 0 aliphatic carbocycles. The second-order valence-corrected chi connectivity index (χ2v) is 10.2. The van der Waals surface area contributed by atoms with Gasteiger partial charge in [-0.1, -0.05) is 56.7 Å². The highest BCUT2D eigenvalue weighted by atomic mass is 16.3. The Morgan fingerprint density at radius 2 is 1.57 bits per heavy atom. The van der Waals surface area contributed by atoms with E-state index in [0.717, 1.165) is 16.7 Å². The highest BCUT2D eigenvalue weighted by molar-refractivity contribution is 6.11. The van der Waals surface area contributed by atoms with E-state index in [1.54, 1.807) is 41.3 Å². The van der Waals surface area contributed by atoms with Crippen LogP contribution < -0.4 is 10.3 Å². The Labute approximate surface area is 204 Å². The maximum absolute atomic E-state index is 13.8. The van der Waals surface area contributed by atoms with Gasteiger partial charge < -0.3 is 4.42 Å². The molecule has 2 heterocycles. The second-order valence-electron chi connectivity index (χ2n) is 10.2. The van der Waals surface area contributed by atoms with Crippen molar-refractivity contribution in [1.29, 1.82) is 0 Å². The van der Waals surface area contributed by atoms with Gasteiger partial charge in [-0.15, -0.1) is 0 Å². The van der Waals surface area contributed by atoms with Crippen molar-refractivity contribution in [3.05, 3.63) is 111 Å². The van der Waals surface area contributed by atoms with Crippen LogP contribution in [0.3, 0.4) is 0 Å². The molecule has 5 nitrogen and oxygen atoms in total. The average Bonchev–Trinajstić information content (AvgIpc) is 3.11. The first-order valence-corrected chi connectivity index (χ1v) is 11.7. The van der Waals surface area contributed by atoms with Gasteiger partial charge in [0.15, 0.2) is 11.2 Å². The molecular formula is C30H27NO4. The Bertz CT molecular complexity index is 1540. The van der Waals surface area contributed by atoms with Gasteiger partial charge in [0.05, 0.1) is 17.0 Å². The van der Waals surface area contributed by atoms with Crippen LogP contribution in [0.1, 0.15) is 76.9 Å². The van der Waals surface area contributed by atoms with Gasteiger partial charge in [0, 0.05) is 11.3 Å². The standard InChI is InChI=1S/C30H27NO4/c1-17-6-15-24-23(16-17)27(33)25-26(20-7-11-21(12-8-20)30(3,4)5)31(29(34)28(25)35-24)22-13-9-19(10-14-22)18(2)32/h6-16,26H,1-5H3. The van der Waals surface area contributed by atoms with Crippen LogP contribution in [0.25, 0.3) is 11.0 Å². The minimum Gasteiger partial charge on any atom is -0.450 e. The summed E-state index contributed by atoms with van der Waals surface area (Å²) in [5, 5.41) is 0.460. The number of fused-ring (bicyclic) bond motifs is 2. The molecule has 5 rings (SSSR count). The van der Waals surface area contributed by atoms with Crippen LogP contribution in [0.2, 0.25) is 0 Å². The first kappa shape index (κ1) is 22.8. The van der Waals surface area contributed by atoms with Gasteiger partial charge in [-0.25, -0.2) is 0 Å². The molecule has 35 heavy (non-hydrogen) atoms. The Morgan fingerprint density at radius 1 is 0.914 bits per heavy atom. The van der Waals surface area contributed by atoms with E-state index >= 15 is 0 Å². The van der Waals surface area contributed by atoms with E-state index < -0.39 is 6.04 Å². The lowest BCUT2D eigenvalue weighted by atomic mass is 9.86. The average molecular weight is 466 g/mol. The Morgan fingerprint density at radius 3 is 2.17 bits per heavy atom. The predicted octanol–water partition coefficient (Wildman–Crippen LogP) is 6.35.